The van der Waals surface area contributed by atoms with E-state index < -0.39 is 0 Å². The molecule has 12 nitrogen and oxygen atoms in total. The van der Waals surface area contributed by atoms with Crippen LogP contribution in [0.5, 0.6) is 0 Å². The van der Waals surface area contributed by atoms with Gasteiger partial charge < -0.3 is 26.4 Å². The third kappa shape index (κ3) is 16.0. The second-order valence-electron chi connectivity index (χ2n) is 31.8. The van der Waals surface area contributed by atoms with E-state index in [1.807, 2.05) is 0 Å². The quantitative estimate of drug-likeness (QED) is 0.149. The highest BCUT2D eigenvalue weighted by Gasteiger charge is 2.25. The van der Waals surface area contributed by atoms with Crippen LogP contribution in [0.15, 0.2) is 256 Å². The molecular weight excluding hydrogens is 1390 g/mol. The van der Waals surface area contributed by atoms with Gasteiger partial charge in [0.15, 0.2) is 37.2 Å². The van der Waals surface area contributed by atoms with Gasteiger partial charge in [-0.05, 0) is 300 Å². The molecule has 0 bridgehead atoms. The van der Waals surface area contributed by atoms with Crippen LogP contribution >= 0.6 is 0 Å². The average molecular weight is 1510 g/mol. The molecule has 18 aromatic rings. The molecule has 0 amide bonds. The lowest BCUT2D eigenvalue weighted by molar-refractivity contribution is -0.660. The molecule has 0 spiro atoms. The minimum Gasteiger partial charge on any atom is -0.323 e. The number of aryl methyl sites for hydroxylation is 24. The Hall–Kier alpha value is -12.5. The van der Waals surface area contributed by atoms with Crippen LogP contribution in [-0.2, 0) is 42.3 Å². The Kier molecular flexibility index (Phi) is 23.0. The van der Waals surface area contributed by atoms with Gasteiger partial charge in [-0.15, -0.1) is 0 Å². The molecule has 576 valence electrons. The highest BCUT2D eigenvalue weighted by atomic mass is 15.0. The lowest BCUT2D eigenvalue weighted by atomic mass is 9.99. The van der Waals surface area contributed by atoms with Gasteiger partial charge in [0, 0.05) is 159 Å². The maximum Gasteiger partial charge on any atom is 0.229 e. The maximum absolute atomic E-state index is 2.34. The molecule has 18 heterocycles. The fraction of sp³-hybridized carbons (Fsp3) is 0.235. The topological polar surface area (TPSA) is 49.7 Å². The molecule has 0 aromatic carbocycles. The zero-order chi connectivity index (χ0) is 81.4. The van der Waals surface area contributed by atoms with Gasteiger partial charge in [0.25, 0.3) is 0 Å². The molecule has 0 atom stereocenters. The van der Waals surface area contributed by atoms with E-state index in [-0.39, 0.29) is 0 Å². The maximum atomic E-state index is 2.34. The molecule has 18 rings (SSSR count). The van der Waals surface area contributed by atoms with Crippen molar-refractivity contribution in [2.75, 3.05) is 0 Å². The highest BCUT2D eigenvalue weighted by Crippen LogP contribution is 2.34. The van der Waals surface area contributed by atoms with E-state index in [4.69, 9.17) is 0 Å². The third-order valence-corrected chi connectivity index (χ3v) is 22.7. The van der Waals surface area contributed by atoms with Gasteiger partial charge in [0.1, 0.15) is 59.4 Å². The molecule has 0 saturated carbocycles. The van der Waals surface area contributed by atoms with Crippen LogP contribution in [0, 0.1) is 125 Å². The predicted molar refractivity (Wildman–Crippen MR) is 469 cm³/mol. The normalized spacial score (nSPS) is 11.2. The van der Waals surface area contributed by atoms with Gasteiger partial charge in [0.2, 0.25) is 34.2 Å². The van der Waals surface area contributed by atoms with Crippen molar-refractivity contribution in [2.45, 2.75) is 125 Å². The lowest BCUT2D eigenvalue weighted by Gasteiger charge is -2.11. The Balaban J connectivity index is 0.000000119. The molecule has 0 unspecified atom stereocenters. The number of aromatic nitrogens is 12. The third-order valence-electron chi connectivity index (χ3n) is 22.7. The van der Waals surface area contributed by atoms with E-state index in [1.54, 1.807) is 0 Å². The first-order valence-electron chi connectivity index (χ1n) is 39.7. The van der Waals surface area contributed by atoms with Crippen molar-refractivity contribution in [3.8, 4) is 67.9 Å². The number of fused-ring (bicyclic) bond motifs is 6. The number of hydrogen-bond donors (Lipinski definition) is 0. The van der Waals surface area contributed by atoms with Crippen LogP contribution in [0.25, 0.3) is 101 Å². The summed E-state index contributed by atoms with van der Waals surface area (Å²) in [6.07, 6.45) is 21.3. The zero-order valence-electron chi connectivity index (χ0n) is 71.6. The van der Waals surface area contributed by atoms with Crippen molar-refractivity contribution in [1.29, 1.82) is 0 Å². The summed E-state index contributed by atoms with van der Waals surface area (Å²) in [4.78, 5) is 0. The number of rotatable bonds is 6. The Morgan fingerprint density at radius 1 is 0.237 bits per heavy atom. The summed E-state index contributed by atoms with van der Waals surface area (Å²) in [6, 6.07) is 69.8. The van der Waals surface area contributed by atoms with E-state index in [0.717, 1.165) is 0 Å². The summed E-state index contributed by atoms with van der Waals surface area (Å²) in [7, 11) is 12.6. The van der Waals surface area contributed by atoms with Crippen molar-refractivity contribution < 1.29 is 27.4 Å². The van der Waals surface area contributed by atoms with E-state index in [2.05, 4.69) is 477 Å². The Labute approximate surface area is 674 Å². The van der Waals surface area contributed by atoms with Crippen molar-refractivity contribution in [3.05, 3.63) is 357 Å². The standard InChI is InChI=1S/6C17H19N2/c2*1-12-9-10-18(4)16(11-12)17-13(2)5-7-15-8-6-14(3)19(15)17;1-12-7-9-18(4)16(10-12)17-13(2)11-19-8-5-6-15(19)14(17)3;2*1-12-7-9-18(4)16(10-12)17-13(2)11-15-6-5-8-19(15)14(17)3;1-12-8-9-18(4)16(10-12)17-13(2)11-15-7-5-6-14(3)19(15)17/h6*5-11H,1-4H3/q6*+1. The SMILES string of the molecule is Cc1cc[n+](C)c(-c2c(C)cc3cccc(C)n23)c1.Cc1cc[n+](C)c(-c2c(C)cc3cccn3c2C)c1.Cc1cc[n+](C)c(-c2c(C)cc3cccn3c2C)c1.Cc1cc[n+](C)c(-c2c(C)ccc3ccc(C)n23)c1.Cc1cc[n+](C)c(-c2c(C)ccc3ccc(C)n23)c1.Cc1cc[n+](C)c(-c2c(C)cn3cccc3c2C)c1. The van der Waals surface area contributed by atoms with E-state index >= 15 is 0 Å². The van der Waals surface area contributed by atoms with Gasteiger partial charge in [-0.25, -0.2) is 13.7 Å². The lowest BCUT2D eigenvalue weighted by Crippen LogP contribution is -2.31. The van der Waals surface area contributed by atoms with Gasteiger partial charge in [0.05, 0.1) is 16.7 Å². The summed E-state index contributed by atoms with van der Waals surface area (Å²) in [6.45, 7) is 39.0. The second kappa shape index (κ2) is 33.0. The van der Waals surface area contributed by atoms with Crippen molar-refractivity contribution in [3.63, 3.8) is 0 Å². The average Bonchev–Trinajstić information content (AvgIpc) is 1.59. The summed E-state index contributed by atoms with van der Waals surface area (Å²) in [5.41, 5.74) is 46.3. The Bertz CT molecular complexity index is 6220. The van der Waals surface area contributed by atoms with Crippen LogP contribution in [0.3, 0.4) is 0 Å². The van der Waals surface area contributed by atoms with Crippen molar-refractivity contribution in [1.82, 2.24) is 26.4 Å². The van der Waals surface area contributed by atoms with Gasteiger partial charge >= 0.3 is 0 Å². The fourth-order valence-corrected chi connectivity index (χ4v) is 16.6. The molecule has 0 N–H and O–H groups in total. The van der Waals surface area contributed by atoms with Gasteiger partial charge in [-0.2, -0.15) is 13.7 Å². The minimum atomic E-state index is 1.25. The summed E-state index contributed by atoms with van der Waals surface area (Å²) in [5, 5.41) is 0. The van der Waals surface area contributed by atoms with Crippen molar-refractivity contribution >= 4 is 33.1 Å². The first-order chi connectivity index (χ1) is 54.5. The predicted octanol–water partition coefficient (Wildman–Crippen LogP) is 20.1. The van der Waals surface area contributed by atoms with Crippen LogP contribution in [0.2, 0.25) is 0 Å². The molecule has 0 aliphatic carbocycles. The highest BCUT2D eigenvalue weighted by molar-refractivity contribution is 5.76. The molecule has 0 radical (unpaired) electrons. The molecule has 0 aliphatic heterocycles. The smallest absolute Gasteiger partial charge is 0.229 e. The Morgan fingerprint density at radius 3 is 0.956 bits per heavy atom. The molecule has 0 fully saturated rings. The molecular formula is C102H114N12+6. The van der Waals surface area contributed by atoms with E-state index in [0.29, 0.717) is 0 Å². The molecule has 0 saturated heterocycles. The summed E-state index contributed by atoms with van der Waals surface area (Å²) < 4.78 is 26.9. The molecule has 0 aliphatic rings. The summed E-state index contributed by atoms with van der Waals surface area (Å²) >= 11 is 0. The Morgan fingerprint density at radius 2 is 0.553 bits per heavy atom. The van der Waals surface area contributed by atoms with E-state index in [9.17, 15) is 0 Å². The number of nitrogens with zero attached hydrogens (tertiary/aromatic N) is 12. The van der Waals surface area contributed by atoms with E-state index in [1.165, 1.54) is 202 Å². The first-order valence-corrected chi connectivity index (χ1v) is 39.7. The van der Waals surface area contributed by atoms with Gasteiger partial charge in [-0.1, -0.05) is 18.2 Å². The first kappa shape index (κ1) is 79.5. The van der Waals surface area contributed by atoms with Crippen LogP contribution in [0.4, 0.5) is 0 Å². The van der Waals surface area contributed by atoms with Crippen molar-refractivity contribution in [2.24, 2.45) is 42.3 Å². The monoisotopic (exact) mass is 1510 g/mol. The fourth-order valence-electron chi connectivity index (χ4n) is 16.6. The van der Waals surface area contributed by atoms with Crippen LogP contribution < -0.4 is 27.4 Å². The zero-order valence-corrected chi connectivity index (χ0v) is 71.6. The molecule has 12 heteroatoms. The number of hydrogen-bond acceptors (Lipinski definition) is 0. The van der Waals surface area contributed by atoms with Crippen LogP contribution in [-0.4, -0.2) is 26.4 Å². The largest absolute Gasteiger partial charge is 0.323 e. The molecule has 114 heavy (non-hydrogen) atoms. The van der Waals surface area contributed by atoms with Gasteiger partial charge in [-0.3, -0.25) is 0 Å². The second-order valence-corrected chi connectivity index (χ2v) is 31.8. The molecule has 18 aromatic heterocycles. The summed E-state index contributed by atoms with van der Waals surface area (Å²) in [5.74, 6) is 0. The van der Waals surface area contributed by atoms with Crippen LogP contribution in [0.1, 0.15) is 101 Å². The minimum absolute atomic E-state index is 1.25. The number of pyridine rings is 12.